The number of carbonyl (C=O) groups excluding carboxylic acids is 2. The molecule has 0 spiro atoms. The summed E-state index contributed by atoms with van der Waals surface area (Å²) in [6.45, 7) is 3.10. The smallest absolute Gasteiger partial charge is 0.254 e. The van der Waals surface area contributed by atoms with E-state index in [-0.39, 0.29) is 17.9 Å². The zero-order chi connectivity index (χ0) is 21.7. The predicted octanol–water partition coefficient (Wildman–Crippen LogP) is 2.62. The van der Waals surface area contributed by atoms with Crippen molar-refractivity contribution < 1.29 is 14.3 Å². The lowest BCUT2D eigenvalue weighted by Crippen LogP contribution is -2.32. The molecule has 1 saturated heterocycles. The normalized spacial score (nSPS) is 15.9. The summed E-state index contributed by atoms with van der Waals surface area (Å²) in [5, 5.41) is 3.06. The molecule has 2 heterocycles. The Morgan fingerprint density at radius 1 is 1.27 bits per heavy atom. The fourth-order valence-corrected chi connectivity index (χ4v) is 3.58. The van der Waals surface area contributed by atoms with Crippen LogP contribution in [-0.4, -0.2) is 59.3 Å². The van der Waals surface area contributed by atoms with Crippen molar-refractivity contribution in [2.75, 3.05) is 33.1 Å². The summed E-state index contributed by atoms with van der Waals surface area (Å²) in [5.74, 6) is 1.23. The van der Waals surface area contributed by atoms with Crippen molar-refractivity contribution in [3.05, 3.63) is 53.0 Å². The molecule has 2 amide bonds. The third kappa shape index (κ3) is 4.94. The van der Waals surface area contributed by atoms with Gasteiger partial charge < -0.3 is 19.9 Å². The van der Waals surface area contributed by atoms with Crippen LogP contribution in [0.25, 0.3) is 0 Å². The minimum absolute atomic E-state index is 0.0256. The molecular formula is C22H29N5O3. The summed E-state index contributed by atoms with van der Waals surface area (Å²) in [5.41, 5.74) is 2.41. The molecular weight excluding hydrogens is 382 g/mol. The molecule has 8 nitrogen and oxygen atoms in total. The van der Waals surface area contributed by atoms with Crippen molar-refractivity contribution in [2.45, 2.75) is 39.0 Å². The highest BCUT2D eigenvalue weighted by Gasteiger charge is 2.33. The van der Waals surface area contributed by atoms with E-state index >= 15 is 0 Å². The molecule has 1 aliphatic rings. The first-order valence-electron chi connectivity index (χ1n) is 10.1. The Morgan fingerprint density at radius 2 is 2.00 bits per heavy atom. The fourth-order valence-electron chi connectivity index (χ4n) is 3.58. The number of hydrogen-bond donors (Lipinski definition) is 1. The third-order valence-corrected chi connectivity index (χ3v) is 5.31. The van der Waals surface area contributed by atoms with Crippen molar-refractivity contribution in [1.29, 1.82) is 0 Å². The zero-order valence-corrected chi connectivity index (χ0v) is 18.0. The summed E-state index contributed by atoms with van der Waals surface area (Å²) in [7, 11) is 5.18. The summed E-state index contributed by atoms with van der Waals surface area (Å²) in [4.78, 5) is 37.5. The van der Waals surface area contributed by atoms with E-state index in [9.17, 15) is 9.59 Å². The summed E-state index contributed by atoms with van der Waals surface area (Å²) in [6.07, 6.45) is 1.71. The van der Waals surface area contributed by atoms with Crippen LogP contribution < -0.4 is 5.32 Å². The van der Waals surface area contributed by atoms with Gasteiger partial charge in [0.2, 0.25) is 5.91 Å². The molecule has 0 aliphatic carbocycles. The van der Waals surface area contributed by atoms with Gasteiger partial charge >= 0.3 is 0 Å². The number of nitrogens with one attached hydrogen (secondary N) is 1. The molecule has 0 bridgehead atoms. The Morgan fingerprint density at radius 3 is 2.63 bits per heavy atom. The Labute approximate surface area is 177 Å². The Bertz CT molecular complexity index is 900. The lowest BCUT2D eigenvalue weighted by atomic mass is 10.1. The zero-order valence-electron chi connectivity index (χ0n) is 18.0. The molecule has 1 unspecified atom stereocenters. The SMILES string of the molecule is CNc1cc(CN(C)C(C)=O)nc(C2CCCN2C(=O)c2ccc(COC)cc2)n1. The molecule has 0 radical (unpaired) electrons. The molecule has 0 saturated carbocycles. The van der Waals surface area contributed by atoms with Crippen LogP contribution in [0.5, 0.6) is 0 Å². The lowest BCUT2D eigenvalue weighted by molar-refractivity contribution is -0.128. The van der Waals surface area contributed by atoms with Crippen LogP contribution in [-0.2, 0) is 22.7 Å². The molecule has 160 valence electrons. The first-order valence-corrected chi connectivity index (χ1v) is 10.1. The number of hydrogen-bond acceptors (Lipinski definition) is 6. The second kappa shape index (κ2) is 9.67. The van der Waals surface area contributed by atoms with E-state index in [1.807, 2.05) is 35.2 Å². The highest BCUT2D eigenvalue weighted by atomic mass is 16.5. The quantitative estimate of drug-likeness (QED) is 0.754. The molecule has 8 heteroatoms. The number of methoxy groups -OCH3 is 1. The van der Waals surface area contributed by atoms with Crippen molar-refractivity contribution in [3.8, 4) is 0 Å². The van der Waals surface area contributed by atoms with E-state index in [1.54, 1.807) is 26.1 Å². The van der Waals surface area contributed by atoms with Crippen LogP contribution in [0.1, 0.15) is 53.2 Å². The largest absolute Gasteiger partial charge is 0.380 e. The molecule has 2 aromatic rings. The standard InChI is InChI=1S/C22H29N5O3/c1-15(28)26(3)13-18-12-20(23-2)25-21(24-18)19-6-5-11-27(19)22(29)17-9-7-16(8-10-17)14-30-4/h7-10,12,19H,5-6,11,13-14H2,1-4H3,(H,23,24,25). The van der Waals surface area contributed by atoms with Crippen LogP contribution in [0.4, 0.5) is 5.82 Å². The van der Waals surface area contributed by atoms with Crippen molar-refractivity contribution in [1.82, 2.24) is 19.8 Å². The Kier molecular flexibility index (Phi) is 6.99. The van der Waals surface area contributed by atoms with Crippen molar-refractivity contribution in [2.24, 2.45) is 0 Å². The number of anilines is 1. The second-order valence-corrected chi connectivity index (χ2v) is 7.51. The van der Waals surface area contributed by atoms with E-state index in [4.69, 9.17) is 9.72 Å². The molecule has 1 aromatic heterocycles. The van der Waals surface area contributed by atoms with Crippen LogP contribution >= 0.6 is 0 Å². The van der Waals surface area contributed by atoms with Crippen LogP contribution in [0, 0.1) is 0 Å². The Balaban J connectivity index is 1.85. The topological polar surface area (TPSA) is 87.7 Å². The molecule has 1 aromatic carbocycles. The van der Waals surface area contributed by atoms with Gasteiger partial charge in [0.05, 0.1) is 24.9 Å². The molecule has 1 N–H and O–H groups in total. The summed E-state index contributed by atoms with van der Waals surface area (Å²) < 4.78 is 5.14. The second-order valence-electron chi connectivity index (χ2n) is 7.51. The molecule has 1 aliphatic heterocycles. The van der Waals surface area contributed by atoms with Gasteiger partial charge in [-0.25, -0.2) is 9.97 Å². The maximum atomic E-state index is 13.2. The number of likely N-dealkylation sites (tertiary alicyclic amines) is 1. The van der Waals surface area contributed by atoms with Gasteiger partial charge in [0.25, 0.3) is 5.91 Å². The van der Waals surface area contributed by atoms with Gasteiger partial charge in [-0.1, -0.05) is 12.1 Å². The average Bonchev–Trinajstić information content (AvgIpc) is 3.23. The van der Waals surface area contributed by atoms with Gasteiger partial charge in [-0.05, 0) is 30.5 Å². The molecule has 1 atom stereocenters. The summed E-state index contributed by atoms with van der Waals surface area (Å²) in [6, 6.07) is 9.14. The Hall–Kier alpha value is -3.00. The van der Waals surface area contributed by atoms with Crippen molar-refractivity contribution >= 4 is 17.6 Å². The van der Waals surface area contributed by atoms with Gasteiger partial charge in [-0.2, -0.15) is 0 Å². The van der Waals surface area contributed by atoms with Gasteiger partial charge in [-0.15, -0.1) is 0 Å². The average molecular weight is 412 g/mol. The highest BCUT2D eigenvalue weighted by Crippen LogP contribution is 2.32. The van der Waals surface area contributed by atoms with E-state index < -0.39 is 0 Å². The van der Waals surface area contributed by atoms with E-state index in [1.165, 1.54) is 6.92 Å². The van der Waals surface area contributed by atoms with Gasteiger partial charge in [0.1, 0.15) is 5.82 Å². The first kappa shape index (κ1) is 21.7. The van der Waals surface area contributed by atoms with E-state index in [0.29, 0.717) is 36.9 Å². The van der Waals surface area contributed by atoms with E-state index in [2.05, 4.69) is 10.3 Å². The number of amides is 2. The highest BCUT2D eigenvalue weighted by molar-refractivity contribution is 5.94. The minimum atomic E-state index is -0.189. The third-order valence-electron chi connectivity index (χ3n) is 5.31. The van der Waals surface area contributed by atoms with Crippen molar-refractivity contribution in [3.63, 3.8) is 0 Å². The number of nitrogens with zero attached hydrogens (tertiary/aromatic N) is 4. The lowest BCUT2D eigenvalue weighted by Gasteiger charge is -2.25. The molecule has 30 heavy (non-hydrogen) atoms. The predicted molar refractivity (Wildman–Crippen MR) is 114 cm³/mol. The maximum Gasteiger partial charge on any atom is 0.254 e. The number of aromatic nitrogens is 2. The molecule has 3 rings (SSSR count). The number of benzene rings is 1. The van der Waals surface area contributed by atoms with Gasteiger partial charge in [-0.3, -0.25) is 9.59 Å². The minimum Gasteiger partial charge on any atom is -0.380 e. The van der Waals surface area contributed by atoms with Crippen LogP contribution in [0.3, 0.4) is 0 Å². The van der Waals surface area contributed by atoms with Gasteiger partial charge in [0, 0.05) is 46.3 Å². The van der Waals surface area contributed by atoms with E-state index in [0.717, 1.165) is 24.1 Å². The fraction of sp³-hybridized carbons (Fsp3) is 0.455. The monoisotopic (exact) mass is 411 g/mol. The van der Waals surface area contributed by atoms with Crippen LogP contribution in [0.2, 0.25) is 0 Å². The van der Waals surface area contributed by atoms with Crippen LogP contribution in [0.15, 0.2) is 30.3 Å². The number of rotatable bonds is 7. The number of ether oxygens (including phenoxy) is 1. The first-order chi connectivity index (χ1) is 14.4. The summed E-state index contributed by atoms with van der Waals surface area (Å²) >= 11 is 0. The number of carbonyl (C=O) groups is 2. The van der Waals surface area contributed by atoms with Gasteiger partial charge in [0.15, 0.2) is 5.82 Å². The molecule has 1 fully saturated rings. The maximum absolute atomic E-state index is 13.2.